The number of benzene rings is 3. The lowest BCUT2D eigenvalue weighted by Crippen LogP contribution is -2.13. The maximum absolute atomic E-state index is 11.1. The van der Waals surface area contributed by atoms with Gasteiger partial charge in [0.1, 0.15) is 5.75 Å². The van der Waals surface area contributed by atoms with Crippen LogP contribution in [0.4, 0.5) is 17.1 Å². The molecule has 0 fully saturated rings. The van der Waals surface area contributed by atoms with Gasteiger partial charge in [-0.1, -0.05) is 40.2 Å². The van der Waals surface area contributed by atoms with E-state index in [0.717, 1.165) is 34.2 Å². The molecule has 114 valence electrons. The number of fused-ring (bicyclic) bond motifs is 2. The van der Waals surface area contributed by atoms with E-state index in [1.807, 2.05) is 30.3 Å². The Morgan fingerprint density at radius 1 is 1.04 bits per heavy atom. The monoisotopic (exact) mass is 368 g/mol. The van der Waals surface area contributed by atoms with Crippen LogP contribution in [0.1, 0.15) is 5.56 Å². The molecule has 0 saturated heterocycles. The highest BCUT2D eigenvalue weighted by atomic mass is 79.9. The van der Waals surface area contributed by atoms with Crippen molar-refractivity contribution in [3.63, 3.8) is 0 Å². The molecule has 0 aromatic heterocycles. The summed E-state index contributed by atoms with van der Waals surface area (Å²) in [6, 6.07) is 15.4. The number of hydrogen-bond donors (Lipinski definition) is 1. The van der Waals surface area contributed by atoms with E-state index in [1.54, 1.807) is 6.07 Å². The topological polar surface area (TPSA) is 52.9 Å². The van der Waals surface area contributed by atoms with Gasteiger partial charge in [0.25, 0.3) is 0 Å². The van der Waals surface area contributed by atoms with Crippen LogP contribution >= 0.6 is 15.9 Å². The van der Waals surface area contributed by atoms with Crippen molar-refractivity contribution in [1.82, 2.24) is 0 Å². The smallest absolute Gasteiger partial charge is 0.157 e. The predicted molar refractivity (Wildman–Crippen MR) is 95.9 cm³/mol. The zero-order chi connectivity index (χ0) is 16.0. The van der Waals surface area contributed by atoms with Gasteiger partial charge in [-0.3, -0.25) is 0 Å². The average molecular weight is 369 g/mol. The minimum atomic E-state index is -0.0840. The van der Waals surface area contributed by atoms with Gasteiger partial charge in [0, 0.05) is 33.5 Å². The minimum absolute atomic E-state index is 0.0840. The van der Waals surface area contributed by atoms with Crippen LogP contribution in [-0.2, 0) is 6.42 Å². The van der Waals surface area contributed by atoms with Crippen molar-refractivity contribution >= 4 is 43.8 Å². The van der Waals surface area contributed by atoms with E-state index in [9.17, 15) is 10.0 Å². The standard InChI is InChI=1S/C18H13BrN2O2/c19-12-5-6-15-11(9-12)7-8-21(15)16-10-17(22)18(20-23)14-4-2-1-3-13(14)16/h1-6,9-10,22H,7-8H2. The van der Waals surface area contributed by atoms with Gasteiger partial charge >= 0.3 is 0 Å². The van der Waals surface area contributed by atoms with Crippen molar-refractivity contribution in [1.29, 1.82) is 0 Å². The quantitative estimate of drug-likeness (QED) is 0.616. The molecule has 0 spiro atoms. The van der Waals surface area contributed by atoms with E-state index in [1.165, 1.54) is 5.56 Å². The van der Waals surface area contributed by atoms with Crippen molar-refractivity contribution in [2.45, 2.75) is 6.42 Å². The first-order chi connectivity index (χ1) is 11.2. The van der Waals surface area contributed by atoms with Crippen LogP contribution in [0.2, 0.25) is 0 Å². The van der Waals surface area contributed by atoms with Crippen molar-refractivity contribution in [2.75, 3.05) is 11.4 Å². The third kappa shape index (κ3) is 2.19. The molecule has 0 bridgehead atoms. The summed E-state index contributed by atoms with van der Waals surface area (Å²) < 4.78 is 1.06. The van der Waals surface area contributed by atoms with E-state index < -0.39 is 0 Å². The van der Waals surface area contributed by atoms with Crippen LogP contribution in [-0.4, -0.2) is 11.7 Å². The van der Waals surface area contributed by atoms with Gasteiger partial charge in [0.15, 0.2) is 5.69 Å². The maximum Gasteiger partial charge on any atom is 0.157 e. The van der Waals surface area contributed by atoms with Crippen LogP contribution < -0.4 is 4.90 Å². The summed E-state index contributed by atoms with van der Waals surface area (Å²) >= 11 is 3.51. The summed E-state index contributed by atoms with van der Waals surface area (Å²) in [4.78, 5) is 13.3. The highest BCUT2D eigenvalue weighted by Crippen LogP contribution is 2.45. The van der Waals surface area contributed by atoms with Crippen molar-refractivity contribution in [3.05, 3.63) is 63.5 Å². The SMILES string of the molecule is O=Nc1c(O)cc(N2CCc3cc(Br)ccc32)c2ccccc12. The second-order valence-corrected chi connectivity index (χ2v) is 6.49. The number of nitroso groups, excluding NO2 is 1. The fraction of sp³-hybridized carbons (Fsp3) is 0.111. The van der Waals surface area contributed by atoms with E-state index in [0.29, 0.717) is 5.39 Å². The Hall–Kier alpha value is -2.40. The first-order valence-corrected chi connectivity index (χ1v) is 8.12. The van der Waals surface area contributed by atoms with Gasteiger partial charge in [0.05, 0.1) is 5.69 Å². The number of aromatic hydroxyl groups is 1. The second-order valence-electron chi connectivity index (χ2n) is 5.57. The molecule has 1 aliphatic rings. The molecule has 0 aliphatic carbocycles. The first kappa shape index (κ1) is 14.2. The van der Waals surface area contributed by atoms with Crippen LogP contribution in [0.5, 0.6) is 5.75 Å². The Balaban J connectivity index is 1.97. The highest BCUT2D eigenvalue weighted by molar-refractivity contribution is 9.10. The van der Waals surface area contributed by atoms with Crippen molar-refractivity contribution in [2.24, 2.45) is 5.18 Å². The van der Waals surface area contributed by atoms with E-state index in [2.05, 4.69) is 38.1 Å². The molecule has 4 nitrogen and oxygen atoms in total. The maximum atomic E-state index is 11.1. The summed E-state index contributed by atoms with van der Waals surface area (Å²) in [5.41, 5.74) is 3.39. The molecule has 0 radical (unpaired) electrons. The molecule has 1 N–H and O–H groups in total. The Kier molecular flexibility index (Phi) is 3.31. The molecule has 5 heteroatoms. The second kappa shape index (κ2) is 5.35. The minimum Gasteiger partial charge on any atom is -0.505 e. The molecule has 4 rings (SSSR count). The van der Waals surface area contributed by atoms with E-state index >= 15 is 0 Å². The third-order valence-corrected chi connectivity index (χ3v) is 4.79. The number of anilines is 2. The van der Waals surface area contributed by atoms with Crippen molar-refractivity contribution in [3.8, 4) is 5.75 Å². The van der Waals surface area contributed by atoms with E-state index in [4.69, 9.17) is 0 Å². The Morgan fingerprint density at radius 3 is 2.61 bits per heavy atom. The summed E-state index contributed by atoms with van der Waals surface area (Å²) in [5, 5.41) is 14.8. The van der Waals surface area contributed by atoms with Gasteiger partial charge < -0.3 is 10.0 Å². The summed E-state index contributed by atoms with van der Waals surface area (Å²) in [7, 11) is 0. The Bertz CT molecular complexity index is 940. The van der Waals surface area contributed by atoms with Crippen LogP contribution in [0.15, 0.2) is 58.2 Å². The number of nitrogens with zero attached hydrogens (tertiary/aromatic N) is 2. The summed E-state index contributed by atoms with van der Waals surface area (Å²) in [6.45, 7) is 0.836. The lowest BCUT2D eigenvalue weighted by molar-refractivity contribution is 0.477. The molecule has 23 heavy (non-hydrogen) atoms. The number of halogens is 1. The molecule has 0 saturated carbocycles. The Labute approximate surface area is 141 Å². The average Bonchev–Trinajstić information content (AvgIpc) is 2.97. The predicted octanol–water partition coefficient (Wildman–Crippen LogP) is 5.40. The van der Waals surface area contributed by atoms with Gasteiger partial charge in [-0.05, 0) is 35.4 Å². The molecule has 3 aromatic rings. The molecule has 1 heterocycles. The number of phenolic OH excluding ortho intramolecular Hbond substituents is 1. The molecule has 0 atom stereocenters. The van der Waals surface area contributed by atoms with Gasteiger partial charge in [-0.15, -0.1) is 4.91 Å². The van der Waals surface area contributed by atoms with Gasteiger partial charge in [-0.25, -0.2) is 0 Å². The first-order valence-electron chi connectivity index (χ1n) is 7.33. The van der Waals surface area contributed by atoms with Gasteiger partial charge in [-0.2, -0.15) is 0 Å². The van der Waals surface area contributed by atoms with Crippen LogP contribution in [0.25, 0.3) is 10.8 Å². The Morgan fingerprint density at radius 2 is 1.83 bits per heavy atom. The van der Waals surface area contributed by atoms with Gasteiger partial charge in [0.2, 0.25) is 0 Å². The van der Waals surface area contributed by atoms with Crippen LogP contribution in [0.3, 0.4) is 0 Å². The fourth-order valence-electron chi connectivity index (χ4n) is 3.27. The third-order valence-electron chi connectivity index (χ3n) is 4.29. The summed E-state index contributed by atoms with van der Waals surface area (Å²) in [6.07, 6.45) is 0.942. The molecule has 0 unspecified atom stereocenters. The lowest BCUT2D eigenvalue weighted by atomic mass is 10.0. The molecule has 1 aliphatic heterocycles. The molecule has 0 amide bonds. The van der Waals surface area contributed by atoms with E-state index in [-0.39, 0.29) is 11.4 Å². The fourth-order valence-corrected chi connectivity index (χ4v) is 3.67. The zero-order valence-electron chi connectivity index (χ0n) is 12.2. The normalized spacial score (nSPS) is 13.3. The molecular formula is C18H13BrN2O2. The van der Waals surface area contributed by atoms with Crippen molar-refractivity contribution < 1.29 is 5.11 Å². The molecular weight excluding hydrogens is 356 g/mol. The zero-order valence-corrected chi connectivity index (χ0v) is 13.7. The highest BCUT2D eigenvalue weighted by Gasteiger charge is 2.24. The number of rotatable bonds is 2. The number of hydrogen-bond acceptors (Lipinski definition) is 4. The number of phenols is 1. The van der Waals surface area contributed by atoms with Crippen LogP contribution in [0, 0.1) is 4.91 Å². The lowest BCUT2D eigenvalue weighted by Gasteiger charge is -2.22. The largest absolute Gasteiger partial charge is 0.505 e. The summed E-state index contributed by atoms with van der Waals surface area (Å²) in [5.74, 6) is -0.0840. The molecule has 3 aromatic carbocycles.